The van der Waals surface area contributed by atoms with Crippen molar-refractivity contribution in [1.82, 2.24) is 9.55 Å². The van der Waals surface area contributed by atoms with Gasteiger partial charge in [0.05, 0.1) is 6.33 Å². The van der Waals surface area contributed by atoms with Gasteiger partial charge in [0.15, 0.2) is 0 Å². The van der Waals surface area contributed by atoms with E-state index in [1.807, 2.05) is 6.33 Å². The van der Waals surface area contributed by atoms with Crippen LogP contribution in [0.2, 0.25) is 0 Å². The lowest BCUT2D eigenvalue weighted by Gasteiger charge is -2.09. The Hall–Kier alpha value is 1.02. The first-order chi connectivity index (χ1) is 5.65. The van der Waals surface area contributed by atoms with Crippen LogP contribution >= 0.6 is 57.8 Å². The van der Waals surface area contributed by atoms with Crippen molar-refractivity contribution >= 4 is 57.8 Å². The molecule has 0 spiro atoms. The second-order valence-corrected chi connectivity index (χ2v) is 5.18. The third-order valence-electron chi connectivity index (χ3n) is 1.55. The van der Waals surface area contributed by atoms with Crippen LogP contribution in [0.1, 0.15) is 6.92 Å². The molecule has 1 heterocycles. The summed E-state index contributed by atoms with van der Waals surface area (Å²) in [5, 5.41) is 0. The van der Waals surface area contributed by atoms with E-state index in [4.69, 9.17) is 0 Å². The molecule has 12 heavy (non-hydrogen) atoms. The fourth-order valence-corrected chi connectivity index (χ4v) is 1.87. The Balaban J connectivity index is 2.69. The van der Waals surface area contributed by atoms with Gasteiger partial charge in [-0.25, -0.2) is 4.98 Å². The van der Waals surface area contributed by atoms with E-state index in [2.05, 4.69) is 74.3 Å². The highest BCUT2D eigenvalue weighted by molar-refractivity contribution is 14.1. The standard InChI is InChI=1S/C7H10I2N2S/c1-5(3-12)2-11-4-10-6(8)7(11)9/h4-5,12H,2-3H2,1H3. The molecule has 0 aliphatic carbocycles. The van der Waals surface area contributed by atoms with Gasteiger partial charge in [-0.1, -0.05) is 6.92 Å². The normalized spacial score (nSPS) is 13.3. The van der Waals surface area contributed by atoms with Gasteiger partial charge in [0.2, 0.25) is 0 Å². The Morgan fingerprint density at radius 1 is 1.67 bits per heavy atom. The summed E-state index contributed by atoms with van der Waals surface area (Å²) in [7, 11) is 0. The summed E-state index contributed by atoms with van der Waals surface area (Å²) in [6, 6.07) is 0. The minimum absolute atomic E-state index is 0.604. The first-order valence-corrected chi connectivity index (χ1v) is 6.41. The number of aromatic nitrogens is 2. The number of hydrogen-bond donors (Lipinski definition) is 1. The second-order valence-electron chi connectivity index (χ2n) is 2.77. The predicted octanol–water partition coefficient (Wildman–Crippen LogP) is 2.66. The van der Waals surface area contributed by atoms with Crippen molar-refractivity contribution in [1.29, 1.82) is 0 Å². The van der Waals surface area contributed by atoms with Crippen molar-refractivity contribution in [2.24, 2.45) is 5.92 Å². The van der Waals surface area contributed by atoms with E-state index < -0.39 is 0 Å². The highest BCUT2D eigenvalue weighted by atomic mass is 127. The minimum Gasteiger partial charge on any atom is -0.325 e. The summed E-state index contributed by atoms with van der Waals surface area (Å²) in [4.78, 5) is 4.22. The molecule has 2 nitrogen and oxygen atoms in total. The summed E-state index contributed by atoms with van der Waals surface area (Å²) in [6.07, 6.45) is 1.89. The molecule has 0 fully saturated rings. The average molecular weight is 408 g/mol. The van der Waals surface area contributed by atoms with Gasteiger partial charge in [-0.15, -0.1) is 0 Å². The number of thiol groups is 1. The lowest BCUT2D eigenvalue weighted by molar-refractivity contribution is 0.524. The van der Waals surface area contributed by atoms with Crippen LogP contribution in [0.15, 0.2) is 6.33 Å². The van der Waals surface area contributed by atoms with Crippen LogP contribution in [0.5, 0.6) is 0 Å². The first kappa shape index (κ1) is 11.1. The first-order valence-electron chi connectivity index (χ1n) is 3.62. The molecule has 0 N–H and O–H groups in total. The van der Waals surface area contributed by atoms with Crippen LogP contribution in [-0.2, 0) is 6.54 Å². The Labute approximate surface area is 105 Å². The van der Waals surface area contributed by atoms with Gasteiger partial charge in [-0.2, -0.15) is 12.6 Å². The van der Waals surface area contributed by atoms with Gasteiger partial charge in [-0.05, 0) is 56.9 Å². The van der Waals surface area contributed by atoms with Gasteiger partial charge in [0, 0.05) is 6.54 Å². The van der Waals surface area contributed by atoms with Crippen molar-refractivity contribution in [3.63, 3.8) is 0 Å². The SMILES string of the molecule is CC(CS)Cn1cnc(I)c1I. The van der Waals surface area contributed by atoms with E-state index in [0.29, 0.717) is 5.92 Å². The van der Waals surface area contributed by atoms with Crippen molar-refractivity contribution in [2.75, 3.05) is 5.75 Å². The summed E-state index contributed by atoms with van der Waals surface area (Å²) >= 11 is 8.81. The van der Waals surface area contributed by atoms with Crippen LogP contribution in [0, 0.1) is 13.3 Å². The van der Waals surface area contributed by atoms with Gasteiger partial charge in [-0.3, -0.25) is 0 Å². The zero-order valence-electron chi connectivity index (χ0n) is 6.67. The molecule has 0 aliphatic heterocycles. The number of imidazole rings is 1. The molecule has 0 amide bonds. The predicted molar refractivity (Wildman–Crippen MR) is 70.7 cm³/mol. The summed E-state index contributed by atoms with van der Waals surface area (Å²) < 4.78 is 4.48. The van der Waals surface area contributed by atoms with Gasteiger partial charge < -0.3 is 4.57 Å². The largest absolute Gasteiger partial charge is 0.325 e. The number of rotatable bonds is 3. The molecule has 1 aromatic rings. The Bertz CT molecular complexity index is 262. The van der Waals surface area contributed by atoms with Crippen molar-refractivity contribution in [3.8, 4) is 0 Å². The molecule has 0 radical (unpaired) electrons. The van der Waals surface area contributed by atoms with Crippen LogP contribution in [0.3, 0.4) is 0 Å². The van der Waals surface area contributed by atoms with Gasteiger partial charge in [0.25, 0.3) is 0 Å². The zero-order valence-corrected chi connectivity index (χ0v) is 11.9. The van der Waals surface area contributed by atoms with E-state index in [0.717, 1.165) is 16.0 Å². The molecular formula is C7H10I2N2S. The van der Waals surface area contributed by atoms with E-state index >= 15 is 0 Å². The molecule has 0 aliphatic rings. The average Bonchev–Trinajstić information content (AvgIpc) is 2.36. The lowest BCUT2D eigenvalue weighted by atomic mass is 10.2. The van der Waals surface area contributed by atoms with Crippen molar-refractivity contribution in [3.05, 3.63) is 13.7 Å². The summed E-state index contributed by atoms with van der Waals surface area (Å²) in [5.74, 6) is 1.53. The van der Waals surface area contributed by atoms with Crippen molar-refractivity contribution < 1.29 is 0 Å². The molecule has 1 unspecified atom stereocenters. The molecule has 0 saturated carbocycles. The third kappa shape index (κ3) is 2.76. The minimum atomic E-state index is 0.604. The molecule has 1 aromatic heterocycles. The summed E-state index contributed by atoms with van der Waals surface area (Å²) in [5.41, 5.74) is 0. The molecule has 5 heteroatoms. The van der Waals surface area contributed by atoms with Crippen LogP contribution in [-0.4, -0.2) is 15.3 Å². The van der Waals surface area contributed by atoms with Gasteiger partial charge >= 0.3 is 0 Å². The maximum atomic E-state index is 4.25. The topological polar surface area (TPSA) is 17.8 Å². The number of nitrogens with zero attached hydrogens (tertiary/aromatic N) is 2. The third-order valence-corrected chi connectivity index (χ3v) is 5.13. The zero-order chi connectivity index (χ0) is 9.14. The molecule has 0 aromatic carbocycles. The van der Waals surface area contributed by atoms with E-state index in [9.17, 15) is 0 Å². The van der Waals surface area contributed by atoms with E-state index in [-0.39, 0.29) is 0 Å². The monoisotopic (exact) mass is 408 g/mol. The molecule has 1 rings (SSSR count). The molecule has 1 atom stereocenters. The van der Waals surface area contributed by atoms with Gasteiger partial charge in [0.1, 0.15) is 7.40 Å². The molecular weight excluding hydrogens is 398 g/mol. The lowest BCUT2D eigenvalue weighted by Crippen LogP contribution is -2.09. The Kier molecular flexibility index (Phi) is 4.66. The number of hydrogen-bond acceptors (Lipinski definition) is 2. The molecule has 68 valence electrons. The quantitative estimate of drug-likeness (QED) is 0.602. The Morgan fingerprint density at radius 3 is 2.75 bits per heavy atom. The van der Waals surface area contributed by atoms with Crippen LogP contribution < -0.4 is 0 Å². The molecule has 0 saturated heterocycles. The van der Waals surface area contributed by atoms with Crippen molar-refractivity contribution in [2.45, 2.75) is 13.5 Å². The molecule has 0 bridgehead atoms. The van der Waals surface area contributed by atoms with E-state index in [1.54, 1.807) is 0 Å². The maximum absolute atomic E-state index is 4.25. The number of halogens is 2. The highest BCUT2D eigenvalue weighted by Crippen LogP contribution is 2.14. The fourth-order valence-electron chi connectivity index (χ4n) is 0.864. The summed E-state index contributed by atoms with van der Waals surface area (Å²) in [6.45, 7) is 3.20. The second kappa shape index (κ2) is 5.04. The Morgan fingerprint density at radius 2 is 2.33 bits per heavy atom. The fraction of sp³-hybridized carbons (Fsp3) is 0.571. The highest BCUT2D eigenvalue weighted by Gasteiger charge is 2.07. The van der Waals surface area contributed by atoms with Crippen LogP contribution in [0.25, 0.3) is 0 Å². The van der Waals surface area contributed by atoms with E-state index in [1.165, 1.54) is 3.70 Å². The maximum Gasteiger partial charge on any atom is 0.132 e. The smallest absolute Gasteiger partial charge is 0.132 e. The van der Waals surface area contributed by atoms with Crippen LogP contribution in [0.4, 0.5) is 0 Å².